The molecular weight excluding hydrogens is 232 g/mol. The standard InChI is InChI=1S/C12H20N4S/c1-7-6-11(9(3)17-7)8(2)14-12(16-13)15-10-4-5-10/h6,8,10H,4-5,13H2,1-3H3,(H2,14,15,16). The summed E-state index contributed by atoms with van der Waals surface area (Å²) in [5, 5.41) is 3.33. The molecule has 1 aromatic rings. The highest BCUT2D eigenvalue weighted by molar-refractivity contribution is 7.12. The number of hydrazine groups is 1. The Morgan fingerprint density at radius 2 is 2.24 bits per heavy atom. The third-order valence-corrected chi connectivity index (χ3v) is 3.88. The molecule has 94 valence electrons. The van der Waals surface area contributed by atoms with Crippen molar-refractivity contribution >= 4 is 17.3 Å². The van der Waals surface area contributed by atoms with E-state index in [1.807, 2.05) is 11.3 Å². The second-order valence-corrected chi connectivity index (χ2v) is 6.05. The number of thiophene rings is 1. The Balaban J connectivity index is 2.04. The van der Waals surface area contributed by atoms with Crippen LogP contribution in [0.15, 0.2) is 11.1 Å². The smallest absolute Gasteiger partial charge is 0.206 e. The molecule has 1 aromatic heterocycles. The first kappa shape index (κ1) is 12.4. The maximum absolute atomic E-state index is 5.48. The fourth-order valence-electron chi connectivity index (χ4n) is 1.87. The molecule has 0 aromatic carbocycles. The lowest BCUT2D eigenvalue weighted by Gasteiger charge is -2.16. The van der Waals surface area contributed by atoms with Crippen molar-refractivity contribution in [2.24, 2.45) is 10.8 Å². The molecule has 4 N–H and O–H groups in total. The minimum atomic E-state index is 0.230. The van der Waals surface area contributed by atoms with Crippen LogP contribution in [0.1, 0.15) is 41.1 Å². The van der Waals surface area contributed by atoms with Crippen LogP contribution < -0.4 is 16.6 Å². The summed E-state index contributed by atoms with van der Waals surface area (Å²) >= 11 is 1.83. The van der Waals surface area contributed by atoms with Crippen molar-refractivity contribution in [3.8, 4) is 0 Å². The van der Waals surface area contributed by atoms with Crippen molar-refractivity contribution in [3.63, 3.8) is 0 Å². The van der Waals surface area contributed by atoms with Gasteiger partial charge in [-0.3, -0.25) is 5.43 Å². The fraction of sp³-hybridized carbons (Fsp3) is 0.583. The molecule has 4 nitrogen and oxygen atoms in total. The van der Waals surface area contributed by atoms with Crippen LogP contribution in [0.5, 0.6) is 0 Å². The molecule has 1 saturated carbocycles. The van der Waals surface area contributed by atoms with Gasteiger partial charge in [0.1, 0.15) is 0 Å². The zero-order valence-electron chi connectivity index (χ0n) is 10.6. The van der Waals surface area contributed by atoms with Gasteiger partial charge in [-0.1, -0.05) is 0 Å². The quantitative estimate of drug-likeness (QED) is 0.334. The SMILES string of the molecule is Cc1cc(C(C)NC(=NC2CC2)NN)c(C)s1. The third-order valence-electron chi connectivity index (χ3n) is 2.89. The molecule has 0 radical (unpaired) electrons. The van der Waals surface area contributed by atoms with Gasteiger partial charge in [-0.15, -0.1) is 11.3 Å². The molecule has 0 bridgehead atoms. The number of nitrogens with two attached hydrogens (primary N) is 1. The molecule has 0 saturated heterocycles. The van der Waals surface area contributed by atoms with E-state index in [1.54, 1.807) is 0 Å². The molecule has 0 aliphatic heterocycles. The number of guanidine groups is 1. The summed E-state index contributed by atoms with van der Waals surface area (Å²) in [6.45, 7) is 6.42. The van der Waals surface area contributed by atoms with Gasteiger partial charge in [0.15, 0.2) is 0 Å². The average Bonchev–Trinajstić information content (AvgIpc) is 3.02. The number of aryl methyl sites for hydroxylation is 2. The van der Waals surface area contributed by atoms with Crippen molar-refractivity contribution in [3.05, 3.63) is 21.4 Å². The topological polar surface area (TPSA) is 62.4 Å². The van der Waals surface area contributed by atoms with Gasteiger partial charge in [-0.2, -0.15) is 0 Å². The lowest BCUT2D eigenvalue weighted by molar-refractivity contribution is 0.686. The fourth-order valence-corrected chi connectivity index (χ4v) is 2.89. The summed E-state index contributed by atoms with van der Waals surface area (Å²) in [5.74, 6) is 6.18. The number of nitrogens with one attached hydrogen (secondary N) is 2. The van der Waals surface area contributed by atoms with Gasteiger partial charge in [0.2, 0.25) is 5.96 Å². The second kappa shape index (κ2) is 5.06. The van der Waals surface area contributed by atoms with Gasteiger partial charge in [-0.25, -0.2) is 10.8 Å². The number of aliphatic imine (C=N–C) groups is 1. The average molecular weight is 252 g/mol. The Morgan fingerprint density at radius 3 is 2.71 bits per heavy atom. The zero-order valence-corrected chi connectivity index (χ0v) is 11.4. The van der Waals surface area contributed by atoms with E-state index in [4.69, 9.17) is 5.84 Å². The lowest BCUT2D eigenvalue weighted by Crippen LogP contribution is -2.42. The lowest BCUT2D eigenvalue weighted by atomic mass is 10.1. The van der Waals surface area contributed by atoms with Gasteiger partial charge >= 0.3 is 0 Å². The van der Waals surface area contributed by atoms with Crippen LogP contribution in [-0.2, 0) is 0 Å². The molecule has 1 atom stereocenters. The highest BCUT2D eigenvalue weighted by atomic mass is 32.1. The Hall–Kier alpha value is -1.07. The van der Waals surface area contributed by atoms with E-state index >= 15 is 0 Å². The minimum Gasteiger partial charge on any atom is -0.349 e. The first-order valence-electron chi connectivity index (χ1n) is 5.98. The molecule has 1 aliphatic carbocycles. The van der Waals surface area contributed by atoms with Crippen molar-refractivity contribution in [2.75, 3.05) is 0 Å². The Morgan fingerprint density at radius 1 is 1.53 bits per heavy atom. The van der Waals surface area contributed by atoms with E-state index in [-0.39, 0.29) is 6.04 Å². The van der Waals surface area contributed by atoms with Gasteiger partial charge in [-0.05, 0) is 45.2 Å². The third kappa shape index (κ3) is 3.20. The summed E-state index contributed by atoms with van der Waals surface area (Å²) in [4.78, 5) is 7.17. The molecule has 5 heteroatoms. The van der Waals surface area contributed by atoms with Crippen LogP contribution in [-0.4, -0.2) is 12.0 Å². The number of nitrogens with zero attached hydrogens (tertiary/aromatic N) is 1. The maximum atomic E-state index is 5.48. The molecule has 1 unspecified atom stereocenters. The van der Waals surface area contributed by atoms with Crippen molar-refractivity contribution < 1.29 is 0 Å². The molecule has 2 rings (SSSR count). The Labute approximate surface area is 106 Å². The normalized spacial score (nSPS) is 18.0. The van der Waals surface area contributed by atoms with Crippen molar-refractivity contribution in [2.45, 2.75) is 45.7 Å². The molecule has 1 heterocycles. The van der Waals surface area contributed by atoms with Gasteiger partial charge in [0, 0.05) is 9.75 Å². The van der Waals surface area contributed by atoms with Crippen LogP contribution in [0, 0.1) is 13.8 Å². The van der Waals surface area contributed by atoms with Crippen LogP contribution in [0.4, 0.5) is 0 Å². The van der Waals surface area contributed by atoms with Crippen LogP contribution in [0.2, 0.25) is 0 Å². The second-order valence-electron chi connectivity index (χ2n) is 4.59. The summed E-state index contributed by atoms with van der Waals surface area (Å²) in [5.41, 5.74) is 3.97. The van der Waals surface area contributed by atoms with Gasteiger partial charge < -0.3 is 5.32 Å². The molecular formula is C12H20N4S. The molecule has 0 amide bonds. The summed E-state index contributed by atoms with van der Waals surface area (Å²) in [6.07, 6.45) is 2.36. The van der Waals surface area contributed by atoms with E-state index in [0.29, 0.717) is 12.0 Å². The Bertz CT molecular complexity index is 420. The largest absolute Gasteiger partial charge is 0.349 e. The first-order valence-corrected chi connectivity index (χ1v) is 6.79. The summed E-state index contributed by atoms with van der Waals surface area (Å²) in [6, 6.07) is 2.92. The van der Waals surface area contributed by atoms with E-state index < -0.39 is 0 Å². The molecule has 0 spiro atoms. The van der Waals surface area contributed by atoms with Crippen LogP contribution >= 0.6 is 11.3 Å². The van der Waals surface area contributed by atoms with E-state index in [1.165, 1.54) is 28.2 Å². The maximum Gasteiger partial charge on any atom is 0.206 e. The van der Waals surface area contributed by atoms with Crippen molar-refractivity contribution in [1.29, 1.82) is 0 Å². The number of hydrogen-bond donors (Lipinski definition) is 3. The minimum absolute atomic E-state index is 0.230. The monoisotopic (exact) mass is 252 g/mol. The van der Waals surface area contributed by atoms with Crippen LogP contribution in [0.25, 0.3) is 0 Å². The van der Waals surface area contributed by atoms with Gasteiger partial charge in [0.05, 0.1) is 12.1 Å². The summed E-state index contributed by atoms with van der Waals surface area (Å²) < 4.78 is 0. The number of hydrogen-bond acceptors (Lipinski definition) is 3. The molecule has 1 fully saturated rings. The van der Waals surface area contributed by atoms with E-state index in [0.717, 1.165) is 0 Å². The van der Waals surface area contributed by atoms with Crippen LogP contribution in [0.3, 0.4) is 0 Å². The van der Waals surface area contributed by atoms with E-state index in [2.05, 4.69) is 42.6 Å². The Kier molecular flexibility index (Phi) is 3.69. The van der Waals surface area contributed by atoms with Crippen molar-refractivity contribution in [1.82, 2.24) is 10.7 Å². The number of rotatable bonds is 3. The predicted molar refractivity (Wildman–Crippen MR) is 73.1 cm³/mol. The molecule has 1 aliphatic rings. The molecule has 17 heavy (non-hydrogen) atoms. The summed E-state index contributed by atoms with van der Waals surface area (Å²) in [7, 11) is 0. The van der Waals surface area contributed by atoms with E-state index in [9.17, 15) is 0 Å². The highest BCUT2D eigenvalue weighted by Gasteiger charge is 2.21. The van der Waals surface area contributed by atoms with Gasteiger partial charge in [0.25, 0.3) is 0 Å². The highest BCUT2D eigenvalue weighted by Crippen LogP contribution is 2.26. The predicted octanol–water partition coefficient (Wildman–Crippen LogP) is 2.00. The first-order chi connectivity index (χ1) is 8.10. The zero-order chi connectivity index (χ0) is 12.4.